The quantitative estimate of drug-likeness (QED) is 0.546. The van der Waals surface area contributed by atoms with E-state index in [2.05, 4.69) is 12.2 Å². The van der Waals surface area contributed by atoms with Crippen LogP contribution in [0.2, 0.25) is 0 Å². The fourth-order valence-electron chi connectivity index (χ4n) is 1.73. The van der Waals surface area contributed by atoms with Crippen LogP contribution in [0.15, 0.2) is 0 Å². The van der Waals surface area contributed by atoms with Crippen LogP contribution in [-0.2, 0) is 9.53 Å². The standard InChI is InChI=1S/C13H25NO3/c1-2-3-4-5-6-9-17-10-12(13(15)16)14-11-7-8-11/h11-12,14H,2-10H2,1H3,(H,15,16). The van der Waals surface area contributed by atoms with Gasteiger partial charge in [-0.15, -0.1) is 0 Å². The van der Waals surface area contributed by atoms with Crippen LogP contribution in [0.4, 0.5) is 0 Å². The molecule has 0 radical (unpaired) electrons. The summed E-state index contributed by atoms with van der Waals surface area (Å²) >= 11 is 0. The monoisotopic (exact) mass is 243 g/mol. The van der Waals surface area contributed by atoms with Gasteiger partial charge >= 0.3 is 5.97 Å². The minimum atomic E-state index is -0.803. The molecule has 1 atom stereocenters. The predicted octanol–water partition coefficient (Wildman–Crippen LogP) is 2.18. The Bertz CT molecular complexity index is 217. The van der Waals surface area contributed by atoms with Crippen molar-refractivity contribution in [2.75, 3.05) is 13.2 Å². The molecule has 4 heteroatoms. The first kappa shape index (κ1) is 14.5. The Balaban J connectivity index is 1.96. The Hall–Kier alpha value is -0.610. The van der Waals surface area contributed by atoms with Gasteiger partial charge in [-0.2, -0.15) is 0 Å². The number of nitrogens with one attached hydrogen (secondary N) is 1. The van der Waals surface area contributed by atoms with E-state index in [1.54, 1.807) is 0 Å². The van der Waals surface area contributed by atoms with Crippen molar-refractivity contribution in [1.82, 2.24) is 5.32 Å². The van der Waals surface area contributed by atoms with Crippen molar-refractivity contribution in [2.45, 2.75) is 64.0 Å². The molecule has 0 heterocycles. The molecule has 1 unspecified atom stereocenters. The SMILES string of the molecule is CCCCCCCOCC(NC1CC1)C(=O)O. The van der Waals surface area contributed by atoms with Gasteiger partial charge in [0.15, 0.2) is 0 Å². The molecule has 1 saturated carbocycles. The summed E-state index contributed by atoms with van der Waals surface area (Å²) in [6, 6.07) is -0.123. The van der Waals surface area contributed by atoms with Crippen LogP contribution in [0.5, 0.6) is 0 Å². The van der Waals surface area contributed by atoms with Crippen molar-refractivity contribution < 1.29 is 14.6 Å². The van der Waals surface area contributed by atoms with Crippen LogP contribution in [0, 0.1) is 0 Å². The van der Waals surface area contributed by atoms with Crippen LogP contribution in [0.3, 0.4) is 0 Å². The Morgan fingerprint density at radius 2 is 2.06 bits per heavy atom. The summed E-state index contributed by atoms with van der Waals surface area (Å²) < 4.78 is 5.42. The molecule has 0 aromatic rings. The summed E-state index contributed by atoms with van der Waals surface area (Å²) in [7, 11) is 0. The van der Waals surface area contributed by atoms with E-state index in [4.69, 9.17) is 9.84 Å². The maximum Gasteiger partial charge on any atom is 0.323 e. The zero-order valence-electron chi connectivity index (χ0n) is 10.8. The van der Waals surface area contributed by atoms with Crippen LogP contribution in [0.1, 0.15) is 51.9 Å². The molecule has 0 bridgehead atoms. The van der Waals surface area contributed by atoms with Crippen molar-refractivity contribution in [3.05, 3.63) is 0 Å². The predicted molar refractivity (Wildman–Crippen MR) is 67.2 cm³/mol. The lowest BCUT2D eigenvalue weighted by Gasteiger charge is -2.14. The summed E-state index contributed by atoms with van der Waals surface area (Å²) in [6.45, 7) is 3.16. The number of ether oxygens (including phenoxy) is 1. The first-order valence-corrected chi connectivity index (χ1v) is 6.80. The van der Waals surface area contributed by atoms with Gasteiger partial charge in [0.25, 0.3) is 0 Å². The molecular weight excluding hydrogens is 218 g/mol. The van der Waals surface area contributed by atoms with E-state index < -0.39 is 12.0 Å². The van der Waals surface area contributed by atoms with Gasteiger partial charge in [0.2, 0.25) is 0 Å². The molecule has 0 aromatic heterocycles. The lowest BCUT2D eigenvalue weighted by Crippen LogP contribution is -2.41. The Morgan fingerprint density at radius 1 is 1.35 bits per heavy atom. The number of carboxylic acids is 1. The van der Waals surface area contributed by atoms with E-state index in [0.29, 0.717) is 19.3 Å². The lowest BCUT2D eigenvalue weighted by molar-refractivity contribution is -0.141. The average molecular weight is 243 g/mol. The summed E-state index contributed by atoms with van der Waals surface area (Å²) in [5.74, 6) is -0.803. The highest BCUT2D eigenvalue weighted by molar-refractivity contribution is 5.73. The van der Waals surface area contributed by atoms with Crippen molar-refractivity contribution in [1.29, 1.82) is 0 Å². The molecule has 0 saturated heterocycles. The second-order valence-electron chi connectivity index (χ2n) is 4.82. The Labute approximate surface area is 104 Å². The summed E-state index contributed by atoms with van der Waals surface area (Å²) in [5.41, 5.74) is 0. The molecule has 100 valence electrons. The van der Waals surface area contributed by atoms with E-state index >= 15 is 0 Å². The van der Waals surface area contributed by atoms with Gasteiger partial charge < -0.3 is 9.84 Å². The van der Waals surface area contributed by atoms with Gasteiger partial charge in [-0.25, -0.2) is 0 Å². The number of hydrogen-bond acceptors (Lipinski definition) is 3. The molecule has 0 amide bonds. The second-order valence-corrected chi connectivity index (χ2v) is 4.82. The van der Waals surface area contributed by atoms with E-state index in [1.807, 2.05) is 0 Å². The molecule has 0 aromatic carbocycles. The molecule has 1 aliphatic rings. The molecule has 2 N–H and O–H groups in total. The van der Waals surface area contributed by atoms with Crippen molar-refractivity contribution in [2.24, 2.45) is 0 Å². The summed E-state index contributed by atoms with van der Waals surface area (Å²) in [5, 5.41) is 12.1. The third-order valence-corrected chi connectivity index (χ3v) is 2.99. The van der Waals surface area contributed by atoms with E-state index in [9.17, 15) is 4.79 Å². The van der Waals surface area contributed by atoms with Gasteiger partial charge in [-0.05, 0) is 19.3 Å². The smallest absolute Gasteiger partial charge is 0.323 e. The van der Waals surface area contributed by atoms with Crippen LogP contribution in [0.25, 0.3) is 0 Å². The fourth-order valence-corrected chi connectivity index (χ4v) is 1.73. The minimum Gasteiger partial charge on any atom is -0.480 e. The molecule has 4 nitrogen and oxygen atoms in total. The van der Waals surface area contributed by atoms with Crippen molar-refractivity contribution in [3.63, 3.8) is 0 Å². The third-order valence-electron chi connectivity index (χ3n) is 2.99. The van der Waals surface area contributed by atoms with Crippen LogP contribution in [-0.4, -0.2) is 36.4 Å². The molecular formula is C13H25NO3. The zero-order valence-corrected chi connectivity index (χ0v) is 10.8. The van der Waals surface area contributed by atoms with Gasteiger partial charge in [-0.1, -0.05) is 32.6 Å². The third kappa shape index (κ3) is 7.34. The number of hydrogen-bond donors (Lipinski definition) is 2. The number of aliphatic carboxylic acids is 1. The van der Waals surface area contributed by atoms with E-state index in [1.165, 1.54) is 25.7 Å². The minimum absolute atomic E-state index is 0.291. The molecule has 1 aliphatic carbocycles. The highest BCUT2D eigenvalue weighted by atomic mass is 16.5. The molecule has 17 heavy (non-hydrogen) atoms. The van der Waals surface area contributed by atoms with Crippen molar-refractivity contribution >= 4 is 5.97 Å². The fraction of sp³-hybridized carbons (Fsp3) is 0.923. The van der Waals surface area contributed by atoms with Crippen LogP contribution < -0.4 is 5.32 Å². The number of rotatable bonds is 11. The van der Waals surface area contributed by atoms with E-state index in [0.717, 1.165) is 19.3 Å². The maximum absolute atomic E-state index is 10.9. The Kier molecular flexibility index (Phi) is 7.21. The highest BCUT2D eigenvalue weighted by Crippen LogP contribution is 2.19. The second kappa shape index (κ2) is 8.48. The molecule has 0 spiro atoms. The molecule has 0 aliphatic heterocycles. The summed E-state index contributed by atoms with van der Waals surface area (Å²) in [6.07, 6.45) is 8.19. The maximum atomic E-state index is 10.9. The molecule has 1 fully saturated rings. The largest absolute Gasteiger partial charge is 0.480 e. The first-order valence-electron chi connectivity index (χ1n) is 6.80. The van der Waals surface area contributed by atoms with Crippen molar-refractivity contribution in [3.8, 4) is 0 Å². The topological polar surface area (TPSA) is 58.6 Å². The highest BCUT2D eigenvalue weighted by Gasteiger charge is 2.28. The normalized spacial score (nSPS) is 17.0. The lowest BCUT2D eigenvalue weighted by atomic mass is 10.2. The number of carboxylic acid groups (broad SMARTS) is 1. The number of carbonyl (C=O) groups is 1. The zero-order chi connectivity index (χ0) is 12.5. The molecule has 1 rings (SSSR count). The summed E-state index contributed by atoms with van der Waals surface area (Å²) in [4.78, 5) is 10.9. The van der Waals surface area contributed by atoms with Gasteiger partial charge in [0.1, 0.15) is 6.04 Å². The Morgan fingerprint density at radius 3 is 2.65 bits per heavy atom. The van der Waals surface area contributed by atoms with Gasteiger partial charge in [0, 0.05) is 12.6 Å². The van der Waals surface area contributed by atoms with Gasteiger partial charge in [0.05, 0.1) is 6.61 Å². The first-order chi connectivity index (χ1) is 8.24. The average Bonchev–Trinajstić information content (AvgIpc) is 3.10. The van der Waals surface area contributed by atoms with Crippen LogP contribution >= 0.6 is 0 Å². The van der Waals surface area contributed by atoms with Gasteiger partial charge in [-0.3, -0.25) is 10.1 Å². The number of unbranched alkanes of at least 4 members (excludes halogenated alkanes) is 4. The van der Waals surface area contributed by atoms with E-state index in [-0.39, 0.29) is 0 Å².